The van der Waals surface area contributed by atoms with Gasteiger partial charge in [-0.25, -0.2) is 28.7 Å². The van der Waals surface area contributed by atoms with Crippen molar-refractivity contribution in [2.75, 3.05) is 23.4 Å². The number of pyridine rings is 1. The third kappa shape index (κ3) is 5.67. The van der Waals surface area contributed by atoms with Gasteiger partial charge < -0.3 is 4.90 Å². The predicted molar refractivity (Wildman–Crippen MR) is 174 cm³/mol. The first-order valence-electron chi connectivity index (χ1n) is 15.1. The SMILES string of the molecule is CC(=O)N(C)c1nc(C(C)C)c(-n2c(=O)nc(N3C[C@@H](C)CC[C@@H]3C)c3cc(Cl)c(-c4ccccc4F)nc32)c(C(C)C)n1. The number of amides is 1. The first kappa shape index (κ1) is 31.5. The van der Waals surface area contributed by atoms with E-state index in [0.29, 0.717) is 34.2 Å². The van der Waals surface area contributed by atoms with Gasteiger partial charge in [-0.1, -0.05) is 58.4 Å². The molecule has 4 aromatic rings. The van der Waals surface area contributed by atoms with Gasteiger partial charge in [-0.3, -0.25) is 9.69 Å². The first-order chi connectivity index (χ1) is 20.8. The van der Waals surface area contributed by atoms with Crippen LogP contribution >= 0.6 is 11.6 Å². The number of fused-ring (bicyclic) bond motifs is 1. The highest BCUT2D eigenvalue weighted by atomic mass is 35.5. The highest BCUT2D eigenvalue weighted by Gasteiger charge is 2.31. The van der Waals surface area contributed by atoms with E-state index in [9.17, 15) is 9.59 Å². The molecule has 1 saturated heterocycles. The van der Waals surface area contributed by atoms with Crippen LogP contribution in [0.4, 0.5) is 16.2 Å². The van der Waals surface area contributed by atoms with E-state index in [4.69, 9.17) is 26.6 Å². The molecule has 4 heterocycles. The molecule has 0 spiro atoms. The Balaban J connectivity index is 1.94. The average Bonchev–Trinajstić information content (AvgIpc) is 2.97. The maximum Gasteiger partial charge on any atom is 0.355 e. The van der Waals surface area contributed by atoms with E-state index in [-0.39, 0.29) is 51.7 Å². The smallest absolute Gasteiger partial charge is 0.353 e. The Labute approximate surface area is 262 Å². The summed E-state index contributed by atoms with van der Waals surface area (Å²) in [6.07, 6.45) is 2.03. The second kappa shape index (κ2) is 12.2. The molecule has 9 nitrogen and oxygen atoms in total. The number of aromatic nitrogens is 5. The average molecular weight is 620 g/mol. The van der Waals surface area contributed by atoms with Crippen LogP contribution in [0, 0.1) is 11.7 Å². The summed E-state index contributed by atoms with van der Waals surface area (Å²) in [7, 11) is 1.62. The largest absolute Gasteiger partial charge is 0.355 e. The molecule has 1 amide bonds. The Morgan fingerprint density at radius 2 is 1.66 bits per heavy atom. The molecule has 232 valence electrons. The molecule has 0 N–H and O–H groups in total. The highest BCUT2D eigenvalue weighted by molar-refractivity contribution is 6.33. The maximum absolute atomic E-state index is 15.1. The number of anilines is 2. The number of benzene rings is 1. The summed E-state index contributed by atoms with van der Waals surface area (Å²) in [4.78, 5) is 49.3. The van der Waals surface area contributed by atoms with E-state index in [1.807, 2.05) is 27.7 Å². The molecular weight excluding hydrogens is 581 g/mol. The van der Waals surface area contributed by atoms with E-state index in [1.165, 1.54) is 22.5 Å². The predicted octanol–water partition coefficient (Wildman–Crippen LogP) is 6.88. The molecule has 1 fully saturated rings. The van der Waals surface area contributed by atoms with Crippen LogP contribution in [0.25, 0.3) is 28.0 Å². The molecule has 44 heavy (non-hydrogen) atoms. The van der Waals surface area contributed by atoms with Crippen molar-refractivity contribution in [3.8, 4) is 16.9 Å². The molecule has 0 saturated carbocycles. The van der Waals surface area contributed by atoms with Crippen molar-refractivity contribution in [2.45, 2.75) is 79.2 Å². The summed E-state index contributed by atoms with van der Waals surface area (Å²) in [6.45, 7) is 14.3. The molecule has 0 bridgehead atoms. The summed E-state index contributed by atoms with van der Waals surface area (Å²) < 4.78 is 16.6. The van der Waals surface area contributed by atoms with Gasteiger partial charge in [-0.15, -0.1) is 0 Å². The molecule has 1 aliphatic rings. The van der Waals surface area contributed by atoms with Gasteiger partial charge in [0.2, 0.25) is 11.9 Å². The van der Waals surface area contributed by atoms with Crippen LogP contribution in [0.5, 0.6) is 0 Å². The zero-order valence-corrected chi connectivity index (χ0v) is 27.3. The number of hydrogen-bond acceptors (Lipinski definition) is 7. The number of piperidine rings is 1. The van der Waals surface area contributed by atoms with Crippen LogP contribution in [0.2, 0.25) is 5.02 Å². The van der Waals surface area contributed by atoms with Gasteiger partial charge in [-0.05, 0) is 55.7 Å². The second-order valence-electron chi connectivity index (χ2n) is 12.4. The fraction of sp³-hybridized carbons (Fsp3) is 0.455. The molecule has 0 unspecified atom stereocenters. The van der Waals surface area contributed by atoms with Gasteiger partial charge in [0.1, 0.15) is 11.6 Å². The monoisotopic (exact) mass is 619 g/mol. The Bertz CT molecular complexity index is 1780. The third-order valence-corrected chi connectivity index (χ3v) is 8.62. The quantitative estimate of drug-likeness (QED) is 0.232. The van der Waals surface area contributed by atoms with Crippen LogP contribution in [0.1, 0.15) is 84.5 Å². The van der Waals surface area contributed by atoms with Crippen LogP contribution in [0.3, 0.4) is 0 Å². The fourth-order valence-corrected chi connectivity index (χ4v) is 6.01. The summed E-state index contributed by atoms with van der Waals surface area (Å²) in [6, 6.07) is 8.16. The number of hydrogen-bond donors (Lipinski definition) is 0. The van der Waals surface area contributed by atoms with Gasteiger partial charge in [0.05, 0.1) is 33.2 Å². The van der Waals surface area contributed by atoms with E-state index < -0.39 is 11.5 Å². The Morgan fingerprint density at radius 3 is 2.25 bits per heavy atom. The lowest BCUT2D eigenvalue weighted by molar-refractivity contribution is -0.116. The number of carbonyl (C=O) groups excluding carboxylic acids is 1. The van der Waals surface area contributed by atoms with Gasteiger partial charge >= 0.3 is 5.69 Å². The van der Waals surface area contributed by atoms with Gasteiger partial charge in [-0.2, -0.15) is 4.98 Å². The molecule has 11 heteroatoms. The number of carbonyl (C=O) groups is 1. The number of rotatable bonds is 6. The Morgan fingerprint density at radius 1 is 1.02 bits per heavy atom. The topological polar surface area (TPSA) is 97.1 Å². The van der Waals surface area contributed by atoms with Crippen molar-refractivity contribution < 1.29 is 9.18 Å². The molecular formula is C33H39ClFN7O2. The summed E-state index contributed by atoms with van der Waals surface area (Å²) >= 11 is 6.85. The van der Waals surface area contributed by atoms with E-state index >= 15 is 4.39 Å². The first-order valence-corrected chi connectivity index (χ1v) is 15.5. The molecule has 1 aliphatic heterocycles. The maximum atomic E-state index is 15.1. The van der Waals surface area contributed by atoms with Crippen molar-refractivity contribution in [3.05, 3.63) is 63.0 Å². The van der Waals surface area contributed by atoms with E-state index in [2.05, 4.69) is 23.7 Å². The summed E-state index contributed by atoms with van der Waals surface area (Å²) in [5.41, 5.74) is 1.76. The lowest BCUT2D eigenvalue weighted by Crippen LogP contribution is -2.43. The Kier molecular flexibility index (Phi) is 8.75. The zero-order valence-electron chi connectivity index (χ0n) is 26.5. The molecule has 1 aromatic carbocycles. The number of nitrogens with zero attached hydrogens (tertiary/aromatic N) is 7. The van der Waals surface area contributed by atoms with Gasteiger partial charge in [0, 0.05) is 32.1 Å². The molecule has 0 radical (unpaired) electrons. The molecule has 5 rings (SSSR count). The summed E-state index contributed by atoms with van der Waals surface area (Å²) in [5.74, 6) is 0.140. The lowest BCUT2D eigenvalue weighted by atomic mass is 9.95. The normalized spacial score (nSPS) is 17.1. The minimum atomic E-state index is -0.549. The minimum absolute atomic E-state index is 0.143. The number of halogens is 2. The molecule has 2 atom stereocenters. The van der Waals surface area contributed by atoms with Crippen LogP contribution < -0.4 is 15.5 Å². The lowest BCUT2D eigenvalue weighted by Gasteiger charge is -2.38. The van der Waals surface area contributed by atoms with Crippen LogP contribution in [0.15, 0.2) is 35.1 Å². The zero-order chi connectivity index (χ0) is 32.0. The second-order valence-corrected chi connectivity index (χ2v) is 12.8. The van der Waals surface area contributed by atoms with Crippen molar-refractivity contribution in [1.82, 2.24) is 24.5 Å². The third-order valence-electron chi connectivity index (χ3n) is 8.34. The minimum Gasteiger partial charge on any atom is -0.353 e. The standard InChI is InChI=1S/C33H39ClFN7O2/c1-17(2)26-29(27(18(3)4)38-32(37-26)40(8)21(7)43)42-31-23(15-24(34)28(36-31)22-11-9-10-12-25(22)35)30(39-33(42)44)41-16-19(5)13-14-20(41)6/h9-12,15,17-20H,13-14,16H2,1-8H3/t19-,20-/m0/s1. The van der Waals surface area contributed by atoms with Gasteiger partial charge in [0.25, 0.3) is 0 Å². The molecule has 3 aromatic heterocycles. The van der Waals surface area contributed by atoms with Crippen LogP contribution in [-0.4, -0.2) is 50.0 Å². The van der Waals surface area contributed by atoms with Crippen LogP contribution in [-0.2, 0) is 4.79 Å². The van der Waals surface area contributed by atoms with Gasteiger partial charge in [0.15, 0.2) is 5.65 Å². The highest BCUT2D eigenvalue weighted by Crippen LogP contribution is 2.38. The Hall–Kier alpha value is -3.92. The van der Waals surface area contributed by atoms with E-state index in [1.54, 1.807) is 31.3 Å². The van der Waals surface area contributed by atoms with Crippen molar-refractivity contribution in [1.29, 1.82) is 0 Å². The van der Waals surface area contributed by atoms with E-state index in [0.717, 1.165) is 19.4 Å². The van der Waals surface area contributed by atoms with Crippen molar-refractivity contribution >= 4 is 40.3 Å². The van der Waals surface area contributed by atoms with Crippen molar-refractivity contribution in [3.63, 3.8) is 0 Å². The van der Waals surface area contributed by atoms with Crippen molar-refractivity contribution in [2.24, 2.45) is 5.92 Å². The summed E-state index contributed by atoms with van der Waals surface area (Å²) in [5, 5.41) is 0.821. The molecule has 0 aliphatic carbocycles. The fourth-order valence-electron chi connectivity index (χ4n) is 5.75.